The van der Waals surface area contributed by atoms with E-state index in [-0.39, 0.29) is 13.2 Å². The van der Waals surface area contributed by atoms with Gasteiger partial charge < -0.3 is 10.2 Å². The van der Waals surface area contributed by atoms with Crippen LogP contribution in [0.3, 0.4) is 0 Å². The summed E-state index contributed by atoms with van der Waals surface area (Å²) in [6, 6.07) is 0. The van der Waals surface area contributed by atoms with Crippen LogP contribution in [0.15, 0.2) is 23.1 Å². The first-order valence-electron chi connectivity index (χ1n) is 6.02. The second-order valence-corrected chi connectivity index (χ2v) is 5.61. The molecule has 0 aromatic carbocycles. The number of aliphatic hydroxyl groups excluding tert-OH is 2. The molecule has 1 aliphatic rings. The summed E-state index contributed by atoms with van der Waals surface area (Å²) in [5.41, 5.74) is 0.924. The van der Waals surface area contributed by atoms with Crippen molar-refractivity contribution in [1.29, 1.82) is 0 Å². The topological polar surface area (TPSA) is 40.5 Å². The first-order chi connectivity index (χ1) is 7.81. The van der Waals surface area contributed by atoms with E-state index >= 15 is 0 Å². The summed E-state index contributed by atoms with van der Waals surface area (Å²) in [6.45, 7) is 3.75. The van der Waals surface area contributed by atoms with Crippen LogP contribution in [0.2, 0.25) is 0 Å². The lowest BCUT2D eigenvalue weighted by molar-refractivity contribution is 0.315. The number of allylic oxidation sites excluding steroid dienone is 1. The summed E-state index contributed by atoms with van der Waals surface area (Å²) >= 11 is 1.76. The molecule has 1 rings (SSSR count). The molecule has 16 heavy (non-hydrogen) atoms. The highest BCUT2D eigenvalue weighted by Crippen LogP contribution is 2.34. The Bertz CT molecular complexity index is 242. The van der Waals surface area contributed by atoms with Crippen molar-refractivity contribution in [1.82, 2.24) is 0 Å². The summed E-state index contributed by atoms with van der Waals surface area (Å²) in [7, 11) is 0. The molecular weight excluding hydrogens is 220 g/mol. The van der Waals surface area contributed by atoms with Crippen molar-refractivity contribution in [2.75, 3.05) is 13.2 Å². The highest BCUT2D eigenvalue weighted by molar-refractivity contribution is 8.03. The summed E-state index contributed by atoms with van der Waals surface area (Å²) in [5, 5.41) is 19.2. The van der Waals surface area contributed by atoms with Crippen LogP contribution < -0.4 is 0 Å². The third-order valence-electron chi connectivity index (χ3n) is 2.98. The van der Waals surface area contributed by atoms with E-state index in [1.165, 1.54) is 32.1 Å². The Hall–Kier alpha value is -0.250. The molecule has 2 N–H and O–H groups in total. The molecule has 0 heterocycles. The van der Waals surface area contributed by atoms with Gasteiger partial charge in [-0.2, -0.15) is 0 Å². The largest absolute Gasteiger partial charge is 0.392 e. The minimum absolute atomic E-state index is 0.0294. The molecule has 1 saturated carbocycles. The monoisotopic (exact) mass is 242 g/mol. The molecule has 2 nitrogen and oxygen atoms in total. The van der Waals surface area contributed by atoms with Crippen LogP contribution in [0.1, 0.15) is 38.5 Å². The van der Waals surface area contributed by atoms with Gasteiger partial charge in [0.05, 0.1) is 13.2 Å². The van der Waals surface area contributed by atoms with Gasteiger partial charge in [-0.05, 0) is 24.8 Å². The molecule has 0 aliphatic heterocycles. The quantitative estimate of drug-likeness (QED) is 0.704. The third-order valence-corrected chi connectivity index (χ3v) is 4.49. The molecule has 0 saturated heterocycles. The normalized spacial score (nSPS) is 19.4. The number of thioether (sulfide) groups is 1. The minimum atomic E-state index is 0.0294. The zero-order valence-corrected chi connectivity index (χ0v) is 10.6. The lowest BCUT2D eigenvalue weighted by Gasteiger charge is -2.23. The van der Waals surface area contributed by atoms with Crippen LogP contribution in [0.4, 0.5) is 0 Å². The molecule has 0 amide bonds. The molecule has 0 aromatic rings. The summed E-state index contributed by atoms with van der Waals surface area (Å²) in [5.74, 6) is 0. The maximum Gasteiger partial charge on any atom is 0.0741 e. The second kappa shape index (κ2) is 7.93. The third kappa shape index (κ3) is 4.32. The maximum atomic E-state index is 9.36. The second-order valence-electron chi connectivity index (χ2n) is 4.21. The van der Waals surface area contributed by atoms with E-state index in [9.17, 15) is 10.2 Å². The van der Waals surface area contributed by atoms with Gasteiger partial charge in [-0.1, -0.05) is 25.3 Å². The van der Waals surface area contributed by atoms with Crippen LogP contribution in [0, 0.1) is 0 Å². The molecule has 0 unspecified atom stereocenters. The molecule has 0 aromatic heterocycles. The molecule has 1 fully saturated rings. The molecular formula is C13H22O2S. The highest BCUT2D eigenvalue weighted by Gasteiger charge is 2.17. The van der Waals surface area contributed by atoms with Gasteiger partial charge >= 0.3 is 0 Å². The zero-order chi connectivity index (χ0) is 11.8. The average molecular weight is 242 g/mol. The Kier molecular flexibility index (Phi) is 6.85. The smallest absolute Gasteiger partial charge is 0.0741 e. The molecule has 3 heteroatoms. The van der Waals surface area contributed by atoms with E-state index in [0.29, 0.717) is 11.7 Å². The first-order valence-corrected chi connectivity index (χ1v) is 6.90. The van der Waals surface area contributed by atoms with Crippen molar-refractivity contribution in [3.63, 3.8) is 0 Å². The predicted octanol–water partition coefficient (Wildman–Crippen LogP) is 2.87. The molecule has 0 spiro atoms. The van der Waals surface area contributed by atoms with Crippen LogP contribution >= 0.6 is 11.8 Å². The van der Waals surface area contributed by atoms with Gasteiger partial charge in [-0.15, -0.1) is 18.3 Å². The van der Waals surface area contributed by atoms with Crippen molar-refractivity contribution >= 4 is 11.8 Å². The summed E-state index contributed by atoms with van der Waals surface area (Å²) < 4.78 is 0. The zero-order valence-electron chi connectivity index (χ0n) is 9.82. The first kappa shape index (κ1) is 13.8. The van der Waals surface area contributed by atoms with Crippen molar-refractivity contribution in [2.24, 2.45) is 0 Å². The van der Waals surface area contributed by atoms with E-state index < -0.39 is 0 Å². The minimum Gasteiger partial charge on any atom is -0.392 e. The summed E-state index contributed by atoms with van der Waals surface area (Å²) in [4.78, 5) is 0.953. The van der Waals surface area contributed by atoms with Crippen LogP contribution in [-0.2, 0) is 0 Å². The van der Waals surface area contributed by atoms with Crippen LogP contribution in [-0.4, -0.2) is 28.7 Å². The lowest BCUT2D eigenvalue weighted by atomic mass is 10.0. The van der Waals surface area contributed by atoms with E-state index in [2.05, 4.69) is 6.58 Å². The van der Waals surface area contributed by atoms with Gasteiger partial charge in [0.25, 0.3) is 0 Å². The van der Waals surface area contributed by atoms with Gasteiger partial charge in [0.2, 0.25) is 0 Å². The van der Waals surface area contributed by atoms with E-state index in [4.69, 9.17) is 0 Å². The van der Waals surface area contributed by atoms with E-state index in [0.717, 1.165) is 10.5 Å². The predicted molar refractivity (Wildman–Crippen MR) is 70.5 cm³/mol. The van der Waals surface area contributed by atoms with E-state index in [1.807, 2.05) is 0 Å². The fourth-order valence-corrected chi connectivity index (χ4v) is 3.42. The number of rotatable bonds is 6. The molecule has 0 radical (unpaired) electrons. The average Bonchev–Trinajstić information content (AvgIpc) is 2.35. The Morgan fingerprint density at radius 3 is 2.38 bits per heavy atom. The summed E-state index contributed by atoms with van der Waals surface area (Å²) in [6.07, 6.45) is 8.87. The molecule has 1 aliphatic carbocycles. The molecule has 0 bridgehead atoms. The van der Waals surface area contributed by atoms with Gasteiger partial charge in [-0.25, -0.2) is 0 Å². The highest BCUT2D eigenvalue weighted by atomic mass is 32.2. The van der Waals surface area contributed by atoms with Crippen molar-refractivity contribution in [3.05, 3.63) is 23.1 Å². The Labute approximate surface area is 102 Å². The van der Waals surface area contributed by atoms with Crippen LogP contribution in [0.5, 0.6) is 0 Å². The fourth-order valence-electron chi connectivity index (χ4n) is 2.06. The fraction of sp³-hybridized carbons (Fsp3) is 0.692. The van der Waals surface area contributed by atoms with E-state index in [1.54, 1.807) is 17.8 Å². The van der Waals surface area contributed by atoms with Gasteiger partial charge in [-0.3, -0.25) is 0 Å². The molecule has 0 atom stereocenters. The van der Waals surface area contributed by atoms with Gasteiger partial charge in [0.15, 0.2) is 0 Å². The lowest BCUT2D eigenvalue weighted by Crippen LogP contribution is -2.10. The Morgan fingerprint density at radius 2 is 1.88 bits per heavy atom. The number of hydrogen-bond acceptors (Lipinski definition) is 3. The number of hydrogen-bond donors (Lipinski definition) is 2. The Morgan fingerprint density at radius 1 is 1.19 bits per heavy atom. The van der Waals surface area contributed by atoms with Crippen molar-refractivity contribution in [2.45, 2.75) is 43.8 Å². The van der Waals surface area contributed by atoms with Gasteiger partial charge in [0, 0.05) is 10.2 Å². The SMILES string of the molecule is C=CCC(CO)=C(CO)SC1CCCCC1. The standard InChI is InChI=1S/C13H22O2S/c1-2-6-11(9-14)13(10-15)16-12-7-4-3-5-8-12/h2,12,14-15H,1,3-10H2. The number of aliphatic hydroxyl groups is 2. The van der Waals surface area contributed by atoms with Crippen molar-refractivity contribution in [3.8, 4) is 0 Å². The Balaban J connectivity index is 2.60. The van der Waals surface area contributed by atoms with Gasteiger partial charge in [0.1, 0.15) is 0 Å². The van der Waals surface area contributed by atoms with Crippen LogP contribution in [0.25, 0.3) is 0 Å². The van der Waals surface area contributed by atoms with Crippen molar-refractivity contribution < 1.29 is 10.2 Å². The molecule has 92 valence electrons. The maximum absolute atomic E-state index is 9.36.